The van der Waals surface area contributed by atoms with E-state index in [4.69, 9.17) is 0 Å². The zero-order valence-electron chi connectivity index (χ0n) is 12.2. The van der Waals surface area contributed by atoms with Crippen molar-refractivity contribution in [1.29, 1.82) is 0 Å². The molecular weight excluding hydrogens is 360 g/mol. The highest BCUT2D eigenvalue weighted by Gasteiger charge is 2.33. The largest absolute Gasteiger partial charge is 0.465 e. The first-order chi connectivity index (χ1) is 11.0. The zero-order valence-corrected chi connectivity index (χ0v) is 14.7. The van der Waals surface area contributed by atoms with Gasteiger partial charge in [0.25, 0.3) is 0 Å². The average Bonchev–Trinajstić information content (AvgIpc) is 3.25. The van der Waals surface area contributed by atoms with E-state index in [1.54, 1.807) is 11.6 Å². The molecule has 0 N–H and O–H groups in total. The highest BCUT2D eigenvalue weighted by atomic mass is 32.2. The van der Waals surface area contributed by atoms with Crippen LogP contribution in [0.2, 0.25) is 0 Å². The molecule has 3 rings (SSSR count). The third-order valence-corrected chi connectivity index (χ3v) is 6.96. The zero-order chi connectivity index (χ0) is 16.4. The summed E-state index contributed by atoms with van der Waals surface area (Å²) in [5.74, 6) is 0.128. The number of methoxy groups -OCH3 is 1. The molecule has 1 saturated heterocycles. The minimum atomic E-state index is -3.71. The number of hydrogen-bond donors (Lipinski definition) is 0. The number of ether oxygens (including phenoxy) is 1. The Kier molecular flexibility index (Phi) is 4.62. The van der Waals surface area contributed by atoms with Crippen molar-refractivity contribution in [1.82, 2.24) is 13.1 Å². The molecule has 0 radical (unpaired) electrons. The second kappa shape index (κ2) is 6.51. The summed E-state index contributed by atoms with van der Waals surface area (Å²) in [5.41, 5.74) is 0. The van der Waals surface area contributed by atoms with Crippen molar-refractivity contribution in [2.75, 3.05) is 38.2 Å². The van der Waals surface area contributed by atoms with E-state index in [1.807, 2.05) is 4.90 Å². The Balaban J connectivity index is 1.77. The number of carbonyl (C=O) groups is 1. The van der Waals surface area contributed by atoms with Crippen LogP contribution in [0.5, 0.6) is 0 Å². The van der Waals surface area contributed by atoms with E-state index in [2.05, 4.69) is 13.5 Å². The Morgan fingerprint density at radius 3 is 2.65 bits per heavy atom. The van der Waals surface area contributed by atoms with Crippen LogP contribution in [0.3, 0.4) is 0 Å². The third-order valence-electron chi connectivity index (χ3n) is 3.53. The summed E-state index contributed by atoms with van der Waals surface area (Å²) in [7, 11) is -2.48. The first kappa shape index (κ1) is 16.3. The SMILES string of the molecule is COC(=O)c1sccc1S(=O)(=O)N1CCN(c2cnsn2)CC1. The van der Waals surface area contributed by atoms with E-state index < -0.39 is 16.0 Å². The first-order valence-corrected chi connectivity index (χ1v) is 9.77. The molecule has 0 aliphatic carbocycles. The lowest BCUT2D eigenvalue weighted by Gasteiger charge is -2.33. The van der Waals surface area contributed by atoms with Crippen LogP contribution in [-0.4, -0.2) is 60.7 Å². The van der Waals surface area contributed by atoms with Crippen molar-refractivity contribution in [3.63, 3.8) is 0 Å². The van der Waals surface area contributed by atoms with Crippen molar-refractivity contribution >= 4 is 44.9 Å². The minimum Gasteiger partial charge on any atom is -0.465 e. The molecule has 1 fully saturated rings. The topological polar surface area (TPSA) is 92.7 Å². The molecule has 0 unspecified atom stereocenters. The normalized spacial score (nSPS) is 16.5. The predicted molar refractivity (Wildman–Crippen MR) is 86.5 cm³/mol. The van der Waals surface area contributed by atoms with Gasteiger partial charge in [0.05, 0.1) is 25.0 Å². The van der Waals surface area contributed by atoms with Gasteiger partial charge in [0.2, 0.25) is 10.0 Å². The van der Waals surface area contributed by atoms with Gasteiger partial charge >= 0.3 is 5.97 Å². The molecule has 0 saturated carbocycles. The van der Waals surface area contributed by atoms with E-state index in [-0.39, 0.29) is 9.77 Å². The molecule has 23 heavy (non-hydrogen) atoms. The Morgan fingerprint density at radius 1 is 1.30 bits per heavy atom. The Hall–Kier alpha value is -1.56. The summed E-state index contributed by atoms with van der Waals surface area (Å²) >= 11 is 2.19. The van der Waals surface area contributed by atoms with E-state index in [0.717, 1.165) is 28.9 Å². The molecule has 0 amide bonds. The molecule has 0 aromatic carbocycles. The number of thiophene rings is 1. The fraction of sp³-hybridized carbons (Fsp3) is 0.417. The van der Waals surface area contributed by atoms with Crippen LogP contribution in [0.15, 0.2) is 22.5 Å². The second-order valence-corrected chi connectivity index (χ2v) is 8.14. The number of rotatable bonds is 4. The first-order valence-electron chi connectivity index (χ1n) is 6.72. The molecule has 0 atom stereocenters. The van der Waals surface area contributed by atoms with Gasteiger partial charge in [-0.2, -0.15) is 13.1 Å². The predicted octanol–water partition coefficient (Wildman–Crippen LogP) is 0.897. The van der Waals surface area contributed by atoms with Gasteiger partial charge in [0, 0.05) is 26.2 Å². The van der Waals surface area contributed by atoms with Gasteiger partial charge in [-0.1, -0.05) is 0 Å². The third kappa shape index (κ3) is 3.09. The van der Waals surface area contributed by atoms with E-state index in [1.165, 1.54) is 17.5 Å². The lowest BCUT2D eigenvalue weighted by atomic mass is 10.4. The van der Waals surface area contributed by atoms with Gasteiger partial charge in [-0.15, -0.1) is 11.3 Å². The van der Waals surface area contributed by atoms with Crippen LogP contribution in [0.1, 0.15) is 9.67 Å². The summed E-state index contributed by atoms with van der Waals surface area (Å²) in [4.78, 5) is 13.8. The Bertz CT molecular complexity index is 779. The van der Waals surface area contributed by atoms with Gasteiger partial charge in [0.1, 0.15) is 9.77 Å². The summed E-state index contributed by atoms with van der Waals surface area (Å²) in [6.07, 6.45) is 1.67. The summed E-state index contributed by atoms with van der Waals surface area (Å²) in [5, 5.41) is 1.58. The maximum atomic E-state index is 12.8. The fourth-order valence-electron chi connectivity index (χ4n) is 2.34. The number of sulfonamides is 1. The van der Waals surface area contributed by atoms with Gasteiger partial charge in [0.15, 0.2) is 5.82 Å². The van der Waals surface area contributed by atoms with Crippen LogP contribution >= 0.6 is 23.1 Å². The molecule has 8 nitrogen and oxygen atoms in total. The summed E-state index contributed by atoms with van der Waals surface area (Å²) < 4.78 is 39.7. The van der Waals surface area contributed by atoms with E-state index in [9.17, 15) is 13.2 Å². The van der Waals surface area contributed by atoms with Gasteiger partial charge in [-0.25, -0.2) is 13.2 Å². The van der Waals surface area contributed by atoms with Gasteiger partial charge in [-0.05, 0) is 11.4 Å². The lowest BCUT2D eigenvalue weighted by Crippen LogP contribution is -2.48. The molecule has 2 aromatic heterocycles. The Labute approximate surface area is 141 Å². The summed E-state index contributed by atoms with van der Waals surface area (Å²) in [6.45, 7) is 1.72. The van der Waals surface area contributed by atoms with Crippen molar-refractivity contribution in [2.45, 2.75) is 4.90 Å². The number of esters is 1. The van der Waals surface area contributed by atoms with Gasteiger partial charge in [-0.3, -0.25) is 0 Å². The number of piperazine rings is 1. The number of hydrogen-bond acceptors (Lipinski definition) is 9. The molecule has 11 heteroatoms. The van der Waals surface area contributed by atoms with Crippen molar-refractivity contribution in [2.24, 2.45) is 0 Å². The molecule has 1 aliphatic heterocycles. The molecule has 2 aromatic rings. The number of carbonyl (C=O) groups excluding carboxylic acids is 1. The maximum absolute atomic E-state index is 12.8. The number of aromatic nitrogens is 2. The van der Waals surface area contributed by atoms with Crippen LogP contribution in [-0.2, 0) is 14.8 Å². The summed E-state index contributed by atoms with van der Waals surface area (Å²) in [6, 6.07) is 1.45. The molecule has 1 aliphatic rings. The minimum absolute atomic E-state index is 0.0122. The monoisotopic (exact) mass is 374 g/mol. The average molecular weight is 374 g/mol. The van der Waals surface area contributed by atoms with Crippen LogP contribution < -0.4 is 4.90 Å². The highest BCUT2D eigenvalue weighted by molar-refractivity contribution is 7.89. The van der Waals surface area contributed by atoms with Crippen LogP contribution in [0.25, 0.3) is 0 Å². The number of anilines is 1. The number of nitrogens with zero attached hydrogens (tertiary/aromatic N) is 4. The Morgan fingerprint density at radius 2 is 2.04 bits per heavy atom. The van der Waals surface area contributed by atoms with E-state index >= 15 is 0 Å². The van der Waals surface area contributed by atoms with Crippen LogP contribution in [0.4, 0.5) is 5.82 Å². The van der Waals surface area contributed by atoms with Gasteiger partial charge < -0.3 is 9.64 Å². The lowest BCUT2D eigenvalue weighted by molar-refractivity contribution is 0.0602. The smallest absolute Gasteiger partial charge is 0.349 e. The molecular formula is C12H14N4O4S3. The molecule has 0 bridgehead atoms. The van der Waals surface area contributed by atoms with Crippen molar-refractivity contribution < 1.29 is 17.9 Å². The van der Waals surface area contributed by atoms with Crippen molar-refractivity contribution in [3.8, 4) is 0 Å². The standard InChI is InChI=1S/C12H14N4O4S3/c1-20-12(17)11-9(2-7-21-11)23(18,19)16-5-3-15(4-6-16)10-8-13-22-14-10/h2,7-8H,3-6H2,1H3. The van der Waals surface area contributed by atoms with Crippen molar-refractivity contribution in [3.05, 3.63) is 22.5 Å². The molecule has 0 spiro atoms. The van der Waals surface area contributed by atoms with Crippen LogP contribution in [0, 0.1) is 0 Å². The van der Waals surface area contributed by atoms with E-state index in [0.29, 0.717) is 26.2 Å². The highest BCUT2D eigenvalue weighted by Crippen LogP contribution is 2.27. The fourth-order valence-corrected chi connectivity index (χ4v) is 5.50. The molecule has 124 valence electrons. The maximum Gasteiger partial charge on any atom is 0.349 e. The molecule has 3 heterocycles. The second-order valence-electron chi connectivity index (χ2n) is 4.76. The quantitative estimate of drug-likeness (QED) is 0.734.